The fraction of sp³-hybridized carbons (Fsp3) is 0. The number of hydrogen-bond acceptors (Lipinski definition) is 6. The SMILES string of the molecule is O=c1oc2c(c(O)c1Sc1cccc(F)c1)c(=O)n(-c1ccccc1)c1cc(O)ccc21. The van der Waals surface area contributed by atoms with Crippen LogP contribution < -0.4 is 11.2 Å². The number of para-hydroxylation sites is 1. The Morgan fingerprint density at radius 3 is 2.44 bits per heavy atom. The van der Waals surface area contributed by atoms with Crippen LogP contribution in [0.3, 0.4) is 0 Å². The van der Waals surface area contributed by atoms with Gasteiger partial charge in [0.15, 0.2) is 11.3 Å². The first-order chi connectivity index (χ1) is 15.4. The van der Waals surface area contributed by atoms with E-state index in [0.717, 1.165) is 11.8 Å². The Hall–Kier alpha value is -4.04. The van der Waals surface area contributed by atoms with E-state index in [1.165, 1.54) is 41.0 Å². The Bertz CT molecular complexity index is 1630. The van der Waals surface area contributed by atoms with Crippen molar-refractivity contribution in [2.75, 3.05) is 0 Å². The molecule has 0 spiro atoms. The van der Waals surface area contributed by atoms with E-state index in [4.69, 9.17) is 4.42 Å². The van der Waals surface area contributed by atoms with Crippen LogP contribution in [0.4, 0.5) is 4.39 Å². The second-order valence-electron chi connectivity index (χ2n) is 7.01. The smallest absolute Gasteiger partial charge is 0.354 e. The van der Waals surface area contributed by atoms with Gasteiger partial charge in [0.1, 0.15) is 21.8 Å². The zero-order valence-corrected chi connectivity index (χ0v) is 17.1. The Morgan fingerprint density at radius 2 is 1.69 bits per heavy atom. The van der Waals surface area contributed by atoms with Crippen molar-refractivity contribution >= 4 is 33.6 Å². The molecule has 8 heteroatoms. The van der Waals surface area contributed by atoms with Crippen molar-refractivity contribution in [3.63, 3.8) is 0 Å². The van der Waals surface area contributed by atoms with Crippen LogP contribution in [0.2, 0.25) is 0 Å². The predicted octanol–water partition coefficient (Wildman–Crippen LogP) is 4.80. The third kappa shape index (κ3) is 3.21. The molecule has 0 aliphatic rings. The van der Waals surface area contributed by atoms with Crippen molar-refractivity contribution in [2.24, 2.45) is 0 Å². The zero-order chi connectivity index (χ0) is 22.4. The quantitative estimate of drug-likeness (QED) is 0.386. The van der Waals surface area contributed by atoms with Gasteiger partial charge in [0.05, 0.1) is 5.52 Å². The summed E-state index contributed by atoms with van der Waals surface area (Å²) >= 11 is 0.804. The lowest BCUT2D eigenvalue weighted by molar-refractivity contribution is 0.447. The van der Waals surface area contributed by atoms with Crippen molar-refractivity contribution in [2.45, 2.75) is 9.79 Å². The molecule has 2 aromatic heterocycles. The van der Waals surface area contributed by atoms with Gasteiger partial charge in [-0.3, -0.25) is 9.36 Å². The van der Waals surface area contributed by atoms with Crippen LogP contribution in [0.5, 0.6) is 11.5 Å². The molecule has 0 amide bonds. The molecule has 32 heavy (non-hydrogen) atoms. The van der Waals surface area contributed by atoms with Gasteiger partial charge in [0.25, 0.3) is 5.56 Å². The molecule has 0 aliphatic heterocycles. The Labute approximate surface area is 183 Å². The molecule has 3 aromatic carbocycles. The van der Waals surface area contributed by atoms with Crippen molar-refractivity contribution in [3.8, 4) is 17.2 Å². The van der Waals surface area contributed by atoms with Crippen molar-refractivity contribution < 1.29 is 19.0 Å². The number of hydrogen-bond donors (Lipinski definition) is 2. The summed E-state index contributed by atoms with van der Waals surface area (Å²) in [6.07, 6.45) is 0. The Kier molecular flexibility index (Phi) is 4.71. The maximum Gasteiger partial charge on any atom is 0.354 e. The zero-order valence-electron chi connectivity index (χ0n) is 16.3. The van der Waals surface area contributed by atoms with Gasteiger partial charge < -0.3 is 14.6 Å². The molecule has 0 saturated carbocycles. The van der Waals surface area contributed by atoms with Crippen molar-refractivity contribution in [1.29, 1.82) is 0 Å². The van der Waals surface area contributed by atoms with Crippen LogP contribution in [0.1, 0.15) is 0 Å². The molecular formula is C24H14FNO5S. The average molecular weight is 447 g/mol. The van der Waals surface area contributed by atoms with Gasteiger partial charge in [-0.15, -0.1) is 0 Å². The van der Waals surface area contributed by atoms with E-state index in [1.807, 2.05) is 0 Å². The molecular weight excluding hydrogens is 433 g/mol. The number of aromatic nitrogens is 1. The van der Waals surface area contributed by atoms with Gasteiger partial charge >= 0.3 is 5.63 Å². The molecule has 5 aromatic rings. The lowest BCUT2D eigenvalue weighted by Crippen LogP contribution is -2.20. The highest BCUT2D eigenvalue weighted by molar-refractivity contribution is 7.99. The van der Waals surface area contributed by atoms with E-state index in [0.29, 0.717) is 21.5 Å². The molecule has 2 heterocycles. The van der Waals surface area contributed by atoms with Gasteiger partial charge in [-0.1, -0.05) is 36.0 Å². The molecule has 158 valence electrons. The van der Waals surface area contributed by atoms with Gasteiger partial charge in [0.2, 0.25) is 0 Å². The van der Waals surface area contributed by atoms with Crippen LogP contribution in [-0.2, 0) is 0 Å². The highest BCUT2D eigenvalue weighted by Gasteiger charge is 2.23. The average Bonchev–Trinajstić information content (AvgIpc) is 2.77. The highest BCUT2D eigenvalue weighted by atomic mass is 32.2. The van der Waals surface area contributed by atoms with Gasteiger partial charge in [0, 0.05) is 22.0 Å². The molecule has 0 bridgehead atoms. The molecule has 0 saturated heterocycles. The first kappa shape index (κ1) is 19.9. The van der Waals surface area contributed by atoms with Gasteiger partial charge in [-0.25, -0.2) is 9.18 Å². The van der Waals surface area contributed by atoms with E-state index < -0.39 is 22.8 Å². The van der Waals surface area contributed by atoms with E-state index in [2.05, 4.69) is 0 Å². The monoisotopic (exact) mass is 447 g/mol. The summed E-state index contributed by atoms with van der Waals surface area (Å²) in [7, 11) is 0. The summed E-state index contributed by atoms with van der Waals surface area (Å²) in [4.78, 5) is 26.4. The Balaban J connectivity index is 1.89. The van der Waals surface area contributed by atoms with Crippen LogP contribution in [0.15, 0.2) is 96.6 Å². The maximum absolute atomic E-state index is 13.6. The first-order valence-electron chi connectivity index (χ1n) is 9.50. The predicted molar refractivity (Wildman–Crippen MR) is 119 cm³/mol. The number of pyridine rings is 1. The number of halogens is 1. The standard InChI is InChI=1S/C24H14FNO5S/c25-13-5-4-8-16(11-13)32-22-20(28)19-21(31-24(22)30)17-10-9-15(27)12-18(17)26(23(19)29)14-6-2-1-3-7-14/h1-12,27-28H. The minimum atomic E-state index is -0.865. The normalized spacial score (nSPS) is 11.3. The number of phenols is 1. The van der Waals surface area contributed by atoms with Crippen molar-refractivity contribution in [1.82, 2.24) is 4.57 Å². The topological polar surface area (TPSA) is 92.7 Å². The molecule has 0 aliphatic carbocycles. The highest BCUT2D eigenvalue weighted by Crippen LogP contribution is 2.38. The second kappa shape index (κ2) is 7.58. The fourth-order valence-electron chi connectivity index (χ4n) is 3.59. The number of aromatic hydroxyl groups is 2. The molecule has 2 N–H and O–H groups in total. The third-order valence-electron chi connectivity index (χ3n) is 4.97. The van der Waals surface area contributed by atoms with Crippen LogP contribution in [0, 0.1) is 5.82 Å². The molecule has 0 fully saturated rings. The van der Waals surface area contributed by atoms with E-state index in [-0.39, 0.29) is 21.6 Å². The summed E-state index contributed by atoms with van der Waals surface area (Å²) < 4.78 is 20.4. The number of fused-ring (bicyclic) bond motifs is 3. The number of phenolic OH excluding ortho intramolecular Hbond substituents is 1. The molecule has 0 atom stereocenters. The molecule has 6 nitrogen and oxygen atoms in total. The van der Waals surface area contributed by atoms with E-state index in [1.54, 1.807) is 36.4 Å². The third-order valence-corrected chi connectivity index (χ3v) is 6.03. The minimum absolute atomic E-state index is 0.0780. The summed E-state index contributed by atoms with van der Waals surface area (Å²) in [6.45, 7) is 0. The van der Waals surface area contributed by atoms with Gasteiger partial charge in [-0.2, -0.15) is 0 Å². The number of nitrogens with zero attached hydrogens (tertiary/aromatic N) is 1. The number of rotatable bonds is 3. The fourth-order valence-corrected chi connectivity index (χ4v) is 4.46. The molecule has 0 radical (unpaired) electrons. The summed E-state index contributed by atoms with van der Waals surface area (Å²) in [6, 6.07) is 18.5. The van der Waals surface area contributed by atoms with Gasteiger partial charge in [-0.05, 0) is 42.5 Å². The number of benzene rings is 3. The second-order valence-corrected chi connectivity index (χ2v) is 8.09. The lowest BCUT2D eigenvalue weighted by atomic mass is 10.1. The maximum atomic E-state index is 13.6. The molecule has 0 unspecified atom stereocenters. The summed E-state index contributed by atoms with van der Waals surface area (Å²) in [5.74, 6) is -1.13. The first-order valence-corrected chi connectivity index (χ1v) is 10.3. The van der Waals surface area contributed by atoms with Crippen LogP contribution >= 0.6 is 11.8 Å². The van der Waals surface area contributed by atoms with E-state index in [9.17, 15) is 24.2 Å². The summed E-state index contributed by atoms with van der Waals surface area (Å²) in [5, 5.41) is 21.2. The van der Waals surface area contributed by atoms with Crippen LogP contribution in [0.25, 0.3) is 27.6 Å². The van der Waals surface area contributed by atoms with E-state index >= 15 is 0 Å². The Morgan fingerprint density at radius 1 is 0.906 bits per heavy atom. The lowest BCUT2D eigenvalue weighted by Gasteiger charge is -2.14. The summed E-state index contributed by atoms with van der Waals surface area (Å²) in [5.41, 5.74) is -0.785. The van der Waals surface area contributed by atoms with Crippen molar-refractivity contribution in [3.05, 3.63) is 99.4 Å². The molecule has 5 rings (SSSR count). The minimum Gasteiger partial charge on any atom is -0.508 e. The van der Waals surface area contributed by atoms with Crippen LogP contribution in [-0.4, -0.2) is 14.8 Å². The largest absolute Gasteiger partial charge is 0.508 e.